The van der Waals surface area contributed by atoms with Crippen molar-refractivity contribution in [2.24, 2.45) is 5.92 Å². The number of piperidine rings is 1. The molecule has 0 atom stereocenters. The van der Waals surface area contributed by atoms with Gasteiger partial charge < -0.3 is 10.2 Å². The van der Waals surface area contributed by atoms with Crippen LogP contribution in [0.2, 0.25) is 0 Å². The molecule has 0 radical (unpaired) electrons. The lowest BCUT2D eigenvalue weighted by Crippen LogP contribution is -2.39. The zero-order valence-corrected chi connectivity index (χ0v) is 16.2. The maximum Gasteiger partial charge on any atom is 0.253 e. The summed E-state index contributed by atoms with van der Waals surface area (Å²) in [4.78, 5) is 14.9. The van der Waals surface area contributed by atoms with Gasteiger partial charge in [0.05, 0.1) is 12.2 Å². The van der Waals surface area contributed by atoms with E-state index in [1.165, 1.54) is 6.42 Å². The third-order valence-electron chi connectivity index (χ3n) is 5.31. The Balaban J connectivity index is 1.63. The van der Waals surface area contributed by atoms with Crippen molar-refractivity contribution in [2.45, 2.75) is 39.7 Å². The summed E-state index contributed by atoms with van der Waals surface area (Å²) >= 11 is 0. The van der Waals surface area contributed by atoms with E-state index in [1.54, 1.807) is 0 Å². The summed E-state index contributed by atoms with van der Waals surface area (Å²) in [6, 6.07) is 10.1. The summed E-state index contributed by atoms with van der Waals surface area (Å²) in [6.07, 6.45) is 3.42. The van der Waals surface area contributed by atoms with E-state index in [-0.39, 0.29) is 5.91 Å². The van der Waals surface area contributed by atoms with E-state index in [9.17, 15) is 4.79 Å². The number of aryl methyl sites for hydroxylation is 2. The Morgan fingerprint density at radius 3 is 2.65 bits per heavy atom. The molecule has 0 spiro atoms. The lowest BCUT2D eigenvalue weighted by Gasteiger charge is -2.32. The summed E-state index contributed by atoms with van der Waals surface area (Å²) < 4.78 is 1.99. The van der Waals surface area contributed by atoms with Gasteiger partial charge in [-0.2, -0.15) is 5.10 Å². The van der Waals surface area contributed by atoms with Gasteiger partial charge in [-0.3, -0.25) is 9.48 Å². The Morgan fingerprint density at radius 1 is 1.23 bits per heavy atom. The molecule has 1 fully saturated rings. The molecule has 140 valence electrons. The first-order chi connectivity index (χ1) is 12.6. The molecule has 2 aromatic rings. The van der Waals surface area contributed by atoms with Crippen molar-refractivity contribution in [2.75, 3.05) is 26.7 Å². The highest BCUT2D eigenvalue weighted by atomic mass is 16.2. The minimum atomic E-state index is 0.160. The van der Waals surface area contributed by atoms with Crippen LogP contribution in [0.4, 0.5) is 0 Å². The van der Waals surface area contributed by atoms with E-state index < -0.39 is 0 Å². The predicted octanol–water partition coefficient (Wildman–Crippen LogP) is 3.01. The van der Waals surface area contributed by atoms with E-state index in [1.807, 2.05) is 41.8 Å². The number of aromatic nitrogens is 2. The van der Waals surface area contributed by atoms with Crippen molar-refractivity contribution in [3.8, 4) is 0 Å². The molecule has 1 aromatic carbocycles. The van der Waals surface area contributed by atoms with Crippen LogP contribution in [0, 0.1) is 19.8 Å². The van der Waals surface area contributed by atoms with Crippen molar-refractivity contribution >= 4 is 5.91 Å². The average molecular weight is 354 g/mol. The van der Waals surface area contributed by atoms with Crippen LogP contribution in [0.15, 0.2) is 30.3 Å². The highest BCUT2D eigenvalue weighted by Gasteiger charge is 2.23. The number of nitrogens with zero attached hydrogens (tertiary/aromatic N) is 3. The van der Waals surface area contributed by atoms with E-state index in [0.29, 0.717) is 6.54 Å². The SMILES string of the molecule is CNCCC1CCN(C(=O)c2cccc(Cn3nc(C)cc3C)c2)CC1. The fraction of sp³-hybridized carbons (Fsp3) is 0.524. The number of rotatable bonds is 6. The van der Waals surface area contributed by atoms with Crippen LogP contribution in [-0.4, -0.2) is 47.3 Å². The van der Waals surface area contributed by atoms with E-state index in [0.717, 1.165) is 60.9 Å². The predicted molar refractivity (Wildman–Crippen MR) is 104 cm³/mol. The molecular weight excluding hydrogens is 324 g/mol. The first-order valence-corrected chi connectivity index (χ1v) is 9.60. The van der Waals surface area contributed by atoms with Crippen LogP contribution in [0.5, 0.6) is 0 Å². The van der Waals surface area contributed by atoms with Crippen LogP contribution in [0.1, 0.15) is 46.6 Å². The molecule has 0 unspecified atom stereocenters. The Bertz CT molecular complexity index is 744. The van der Waals surface area contributed by atoms with Crippen molar-refractivity contribution in [3.05, 3.63) is 52.8 Å². The molecule has 1 N–H and O–H groups in total. The fourth-order valence-electron chi connectivity index (χ4n) is 3.77. The maximum atomic E-state index is 12.9. The van der Waals surface area contributed by atoms with Crippen molar-refractivity contribution in [1.82, 2.24) is 20.0 Å². The van der Waals surface area contributed by atoms with Crippen molar-refractivity contribution in [3.63, 3.8) is 0 Å². The number of likely N-dealkylation sites (tertiary alicyclic amines) is 1. The Labute approximate surface area is 156 Å². The lowest BCUT2D eigenvalue weighted by atomic mass is 9.93. The molecule has 1 aromatic heterocycles. The molecule has 1 aliphatic heterocycles. The summed E-state index contributed by atoms with van der Waals surface area (Å²) in [7, 11) is 2.00. The topological polar surface area (TPSA) is 50.2 Å². The second-order valence-corrected chi connectivity index (χ2v) is 7.41. The second kappa shape index (κ2) is 8.49. The van der Waals surface area contributed by atoms with Crippen LogP contribution in [0.3, 0.4) is 0 Å². The number of amides is 1. The average Bonchev–Trinajstić information content (AvgIpc) is 2.97. The molecule has 0 aliphatic carbocycles. The summed E-state index contributed by atoms with van der Waals surface area (Å²) in [6.45, 7) is 7.57. The third-order valence-corrected chi connectivity index (χ3v) is 5.31. The fourth-order valence-corrected chi connectivity index (χ4v) is 3.77. The number of carbonyl (C=O) groups excluding carboxylic acids is 1. The number of benzene rings is 1. The normalized spacial score (nSPS) is 15.4. The Morgan fingerprint density at radius 2 is 2.00 bits per heavy atom. The van der Waals surface area contributed by atoms with Crippen molar-refractivity contribution < 1.29 is 4.79 Å². The highest BCUT2D eigenvalue weighted by Crippen LogP contribution is 2.22. The molecule has 1 aliphatic rings. The minimum absolute atomic E-state index is 0.160. The molecule has 3 rings (SSSR count). The summed E-state index contributed by atoms with van der Waals surface area (Å²) in [5.74, 6) is 0.899. The molecule has 1 saturated heterocycles. The molecule has 0 bridgehead atoms. The number of carbonyl (C=O) groups is 1. The summed E-state index contributed by atoms with van der Waals surface area (Å²) in [5, 5.41) is 7.74. The molecule has 5 heteroatoms. The van der Waals surface area contributed by atoms with E-state index in [4.69, 9.17) is 0 Å². The van der Waals surface area contributed by atoms with Crippen LogP contribution in [0.25, 0.3) is 0 Å². The van der Waals surface area contributed by atoms with Crippen LogP contribution >= 0.6 is 0 Å². The smallest absolute Gasteiger partial charge is 0.253 e. The molecule has 2 heterocycles. The monoisotopic (exact) mass is 354 g/mol. The third kappa shape index (κ3) is 4.52. The Hall–Kier alpha value is -2.14. The van der Waals surface area contributed by atoms with Gasteiger partial charge in [-0.25, -0.2) is 0 Å². The van der Waals surface area contributed by atoms with Crippen molar-refractivity contribution in [1.29, 1.82) is 0 Å². The number of hydrogen-bond acceptors (Lipinski definition) is 3. The number of nitrogens with one attached hydrogen (secondary N) is 1. The van der Waals surface area contributed by atoms with Gasteiger partial charge in [0.2, 0.25) is 0 Å². The quantitative estimate of drug-likeness (QED) is 0.867. The van der Waals surface area contributed by atoms with Crippen LogP contribution < -0.4 is 5.32 Å². The number of hydrogen-bond donors (Lipinski definition) is 1. The van der Waals surface area contributed by atoms with Gasteiger partial charge >= 0.3 is 0 Å². The van der Waals surface area contributed by atoms with Gasteiger partial charge in [-0.1, -0.05) is 12.1 Å². The van der Waals surface area contributed by atoms with Gasteiger partial charge in [0.1, 0.15) is 0 Å². The van der Waals surface area contributed by atoms with Gasteiger partial charge in [-0.05, 0) is 76.4 Å². The summed E-state index contributed by atoms with van der Waals surface area (Å²) in [5.41, 5.74) is 4.07. The first-order valence-electron chi connectivity index (χ1n) is 9.60. The molecule has 26 heavy (non-hydrogen) atoms. The first kappa shape index (κ1) is 18.6. The van der Waals surface area contributed by atoms with Gasteiger partial charge in [0.25, 0.3) is 5.91 Å². The van der Waals surface area contributed by atoms with Gasteiger partial charge in [-0.15, -0.1) is 0 Å². The molecular formula is C21H30N4O. The van der Waals surface area contributed by atoms with Gasteiger partial charge in [0, 0.05) is 24.3 Å². The van der Waals surface area contributed by atoms with Gasteiger partial charge in [0.15, 0.2) is 0 Å². The molecule has 1 amide bonds. The standard InChI is InChI=1S/C21H30N4O/c1-16-13-17(2)25(23-16)15-19-5-4-6-20(14-19)21(26)24-11-8-18(9-12-24)7-10-22-3/h4-6,13-14,18,22H,7-12,15H2,1-3H3. The second-order valence-electron chi connectivity index (χ2n) is 7.41. The zero-order valence-electron chi connectivity index (χ0n) is 16.2. The van der Waals surface area contributed by atoms with E-state index in [2.05, 4.69) is 29.5 Å². The maximum absolute atomic E-state index is 12.9. The molecule has 0 saturated carbocycles. The highest BCUT2D eigenvalue weighted by molar-refractivity contribution is 5.94. The molecule has 5 nitrogen and oxygen atoms in total. The Kier molecular flexibility index (Phi) is 6.09. The largest absolute Gasteiger partial charge is 0.339 e. The van der Waals surface area contributed by atoms with Crippen LogP contribution in [-0.2, 0) is 6.54 Å². The van der Waals surface area contributed by atoms with E-state index >= 15 is 0 Å². The minimum Gasteiger partial charge on any atom is -0.339 e. The lowest BCUT2D eigenvalue weighted by molar-refractivity contribution is 0.0687. The zero-order chi connectivity index (χ0) is 18.5.